The maximum Gasteiger partial charge on any atom is 0.292 e. The van der Waals surface area contributed by atoms with Gasteiger partial charge in [-0.2, -0.15) is 18.4 Å². The van der Waals surface area contributed by atoms with E-state index in [0.717, 1.165) is 29.8 Å². The van der Waals surface area contributed by atoms with E-state index >= 15 is 0 Å². The molecule has 4 rings (SSSR count). The van der Waals surface area contributed by atoms with Crippen molar-refractivity contribution in [1.82, 2.24) is 9.82 Å². The number of benzene rings is 1. The number of furan rings is 1. The number of hydrazone groups is 1. The summed E-state index contributed by atoms with van der Waals surface area (Å²) in [5, 5.41) is 6.86. The molecular formula is C22H21FN4O4S. The van der Waals surface area contributed by atoms with Crippen molar-refractivity contribution in [1.29, 1.82) is 0 Å². The van der Waals surface area contributed by atoms with Crippen molar-refractivity contribution < 1.29 is 22.0 Å². The van der Waals surface area contributed by atoms with Crippen LogP contribution in [0.1, 0.15) is 45.8 Å². The molecule has 1 aliphatic rings. The Bertz CT molecular complexity index is 1310. The smallest absolute Gasteiger partial charge is 0.292 e. The number of pyridine rings is 1. The van der Waals surface area contributed by atoms with Gasteiger partial charge in [0, 0.05) is 23.7 Å². The van der Waals surface area contributed by atoms with Gasteiger partial charge < -0.3 is 9.73 Å². The highest BCUT2D eigenvalue weighted by molar-refractivity contribution is 7.89. The van der Waals surface area contributed by atoms with E-state index < -0.39 is 21.7 Å². The molecular weight excluding hydrogens is 435 g/mol. The number of nitrogens with one attached hydrogen (secondary N) is 2. The summed E-state index contributed by atoms with van der Waals surface area (Å²) in [5.74, 6) is 0.178. The number of anilines is 1. The van der Waals surface area contributed by atoms with Crippen molar-refractivity contribution >= 4 is 27.5 Å². The predicted octanol–water partition coefficient (Wildman–Crippen LogP) is 3.70. The number of amides is 1. The van der Waals surface area contributed by atoms with Crippen molar-refractivity contribution in [2.75, 3.05) is 5.32 Å². The first-order chi connectivity index (χ1) is 15.3. The van der Waals surface area contributed by atoms with Crippen molar-refractivity contribution in [2.45, 2.75) is 38.0 Å². The van der Waals surface area contributed by atoms with Crippen molar-refractivity contribution in [3.05, 3.63) is 76.6 Å². The molecule has 10 heteroatoms. The lowest BCUT2D eigenvalue weighted by Crippen LogP contribution is -2.22. The minimum absolute atomic E-state index is 0.103. The highest BCUT2D eigenvalue weighted by Crippen LogP contribution is 2.30. The predicted molar refractivity (Wildman–Crippen MR) is 117 cm³/mol. The summed E-state index contributed by atoms with van der Waals surface area (Å²) in [4.78, 5) is 19.1. The third-order valence-corrected chi connectivity index (χ3v) is 6.42. The van der Waals surface area contributed by atoms with Crippen LogP contribution in [0.15, 0.2) is 57.0 Å². The van der Waals surface area contributed by atoms with Gasteiger partial charge in [-0.3, -0.25) is 4.79 Å². The van der Waals surface area contributed by atoms with Gasteiger partial charge in [-0.15, -0.1) is 0 Å². The molecule has 1 aliphatic carbocycles. The van der Waals surface area contributed by atoms with Gasteiger partial charge in [0.25, 0.3) is 15.9 Å². The van der Waals surface area contributed by atoms with Gasteiger partial charge in [0.15, 0.2) is 5.76 Å². The lowest BCUT2D eigenvalue weighted by molar-refractivity contribution is 0.0993. The first-order valence-electron chi connectivity index (χ1n) is 9.96. The molecule has 3 aromatic rings. The second-order valence-corrected chi connectivity index (χ2v) is 9.10. The molecule has 0 aliphatic heterocycles. The molecule has 1 aromatic carbocycles. The minimum atomic E-state index is -3.97. The van der Waals surface area contributed by atoms with Crippen LogP contribution in [0.4, 0.5) is 10.2 Å². The molecule has 2 aromatic heterocycles. The van der Waals surface area contributed by atoms with Crippen LogP contribution >= 0.6 is 0 Å². The van der Waals surface area contributed by atoms with Gasteiger partial charge >= 0.3 is 0 Å². The first kappa shape index (κ1) is 21.7. The summed E-state index contributed by atoms with van der Waals surface area (Å²) in [6.07, 6.45) is 3.40. The Morgan fingerprint density at radius 1 is 1.16 bits per heavy atom. The molecule has 0 atom stereocenters. The number of aryl methyl sites for hydroxylation is 2. The van der Waals surface area contributed by atoms with E-state index in [1.54, 1.807) is 19.2 Å². The van der Waals surface area contributed by atoms with E-state index in [0.29, 0.717) is 47.7 Å². The van der Waals surface area contributed by atoms with Gasteiger partial charge in [-0.1, -0.05) is 6.07 Å². The van der Waals surface area contributed by atoms with E-state index in [9.17, 15) is 17.6 Å². The number of fused-ring (bicyclic) bond motifs is 1. The number of hydrogen-bond donors (Lipinski definition) is 2. The maximum atomic E-state index is 13.1. The molecule has 2 heterocycles. The molecule has 0 bridgehead atoms. The minimum Gasteiger partial charge on any atom is -0.455 e. The van der Waals surface area contributed by atoms with Gasteiger partial charge in [0.1, 0.15) is 17.4 Å². The highest BCUT2D eigenvalue weighted by atomic mass is 32.2. The number of sulfonamides is 1. The molecule has 1 amide bonds. The Balaban J connectivity index is 1.61. The van der Waals surface area contributed by atoms with Crippen LogP contribution in [-0.2, 0) is 16.4 Å². The molecule has 32 heavy (non-hydrogen) atoms. The average Bonchev–Trinajstić information content (AvgIpc) is 3.11. The fourth-order valence-corrected chi connectivity index (χ4v) is 4.39. The van der Waals surface area contributed by atoms with Crippen LogP contribution in [0, 0.1) is 19.7 Å². The second-order valence-electron chi connectivity index (χ2n) is 7.44. The second kappa shape index (κ2) is 8.54. The molecule has 8 nitrogen and oxygen atoms in total. The standard InChI is InChI=1S/C22H21FN4O4S/c1-13-5-4-12-24-21(13)25-22(28)20-14(2)19-17(6-3-7-18(19)31-20)26-27-32(29,30)16-10-8-15(23)9-11-16/h4-5,8-12,27H,3,6-7H2,1-2H3,(H,24,25,28)/b26-17+. The SMILES string of the molecule is Cc1cccnc1NC(=O)c1oc2c(c1C)/C(=N/NS(=O)(=O)c1ccc(F)cc1)CCC2. The molecule has 166 valence electrons. The molecule has 0 unspecified atom stereocenters. The zero-order chi connectivity index (χ0) is 22.9. The van der Waals surface area contributed by atoms with E-state index in [1.807, 2.05) is 13.0 Å². The number of hydrogen-bond acceptors (Lipinski definition) is 6. The average molecular weight is 456 g/mol. The van der Waals surface area contributed by atoms with Gasteiger partial charge in [0.2, 0.25) is 0 Å². The van der Waals surface area contributed by atoms with Crippen LogP contribution in [0.5, 0.6) is 0 Å². The lowest BCUT2D eigenvalue weighted by Gasteiger charge is -2.14. The lowest BCUT2D eigenvalue weighted by atomic mass is 9.93. The van der Waals surface area contributed by atoms with Crippen LogP contribution in [0.3, 0.4) is 0 Å². The number of carbonyl (C=O) groups is 1. The number of rotatable bonds is 5. The first-order valence-corrected chi connectivity index (χ1v) is 11.4. The monoisotopic (exact) mass is 456 g/mol. The Morgan fingerprint density at radius 2 is 1.91 bits per heavy atom. The third kappa shape index (κ3) is 4.26. The summed E-state index contributed by atoms with van der Waals surface area (Å²) in [5.41, 5.74) is 2.49. The molecule has 0 radical (unpaired) electrons. The fraction of sp³-hybridized carbons (Fsp3) is 0.227. The number of nitrogens with zero attached hydrogens (tertiary/aromatic N) is 2. The fourth-order valence-electron chi connectivity index (χ4n) is 3.56. The van der Waals surface area contributed by atoms with Gasteiger partial charge in [-0.05, 0) is 62.6 Å². The topological polar surface area (TPSA) is 114 Å². The van der Waals surface area contributed by atoms with Crippen LogP contribution in [0.25, 0.3) is 0 Å². The van der Waals surface area contributed by atoms with Crippen LogP contribution < -0.4 is 10.1 Å². The molecule has 0 saturated heterocycles. The van der Waals surface area contributed by atoms with Gasteiger partial charge in [0.05, 0.1) is 10.6 Å². The van der Waals surface area contributed by atoms with Crippen molar-refractivity contribution in [2.24, 2.45) is 5.10 Å². The van der Waals surface area contributed by atoms with E-state index in [-0.39, 0.29) is 10.7 Å². The summed E-state index contributed by atoms with van der Waals surface area (Å²) in [7, 11) is -3.97. The highest BCUT2D eigenvalue weighted by Gasteiger charge is 2.28. The summed E-state index contributed by atoms with van der Waals surface area (Å²) in [6, 6.07) is 8.06. The summed E-state index contributed by atoms with van der Waals surface area (Å²) in [6.45, 7) is 3.57. The summed E-state index contributed by atoms with van der Waals surface area (Å²) < 4.78 is 43.9. The molecule has 2 N–H and O–H groups in total. The van der Waals surface area contributed by atoms with Crippen molar-refractivity contribution in [3.8, 4) is 0 Å². The van der Waals surface area contributed by atoms with E-state index in [2.05, 4.69) is 20.2 Å². The number of carbonyl (C=O) groups excluding carboxylic acids is 1. The quantitative estimate of drug-likeness (QED) is 0.568. The number of halogens is 1. The Kier molecular flexibility index (Phi) is 5.79. The Labute approximate surface area is 184 Å². The number of aromatic nitrogens is 1. The zero-order valence-electron chi connectivity index (χ0n) is 17.5. The van der Waals surface area contributed by atoms with Gasteiger partial charge in [-0.25, -0.2) is 9.37 Å². The zero-order valence-corrected chi connectivity index (χ0v) is 18.3. The van der Waals surface area contributed by atoms with Crippen LogP contribution in [-0.4, -0.2) is 25.0 Å². The summed E-state index contributed by atoms with van der Waals surface area (Å²) >= 11 is 0. The normalized spacial score (nSPS) is 14.8. The Morgan fingerprint density at radius 3 is 2.62 bits per heavy atom. The molecule has 0 spiro atoms. The van der Waals surface area contributed by atoms with Crippen molar-refractivity contribution in [3.63, 3.8) is 0 Å². The largest absolute Gasteiger partial charge is 0.455 e. The maximum absolute atomic E-state index is 13.1. The third-order valence-electron chi connectivity index (χ3n) is 5.20. The molecule has 0 saturated carbocycles. The van der Waals surface area contributed by atoms with E-state index in [4.69, 9.17) is 4.42 Å². The Hall–Kier alpha value is -3.53. The van der Waals surface area contributed by atoms with Crippen LogP contribution in [0.2, 0.25) is 0 Å². The molecule has 0 fully saturated rings. The van der Waals surface area contributed by atoms with E-state index in [1.165, 1.54) is 0 Å².